The zero-order chi connectivity index (χ0) is 30.8. The SMILES string of the molecule is CCOC(=O)C1=C(c2ccccc2)N=c2s/c(=C\c3cc(I)c(OCc4ccccc4F)c(I)c3)c(=O)n2[C@H]1c1cccs1. The van der Waals surface area contributed by atoms with Gasteiger partial charge in [0.15, 0.2) is 4.80 Å². The van der Waals surface area contributed by atoms with E-state index in [4.69, 9.17) is 14.5 Å². The molecule has 0 spiro atoms. The molecular formula is C33H23FI2N2O4S2. The first-order chi connectivity index (χ1) is 21.4. The lowest BCUT2D eigenvalue weighted by Gasteiger charge is -2.24. The lowest BCUT2D eigenvalue weighted by atomic mass is 9.97. The van der Waals surface area contributed by atoms with Gasteiger partial charge in [-0.25, -0.2) is 14.2 Å². The third-order valence-electron chi connectivity index (χ3n) is 6.83. The summed E-state index contributed by atoms with van der Waals surface area (Å²) in [6, 6.07) is 23.0. The standard InChI is InChI=1S/C33H23FI2N2O4S2/c1-2-41-32(40)27-28(20-9-4-3-5-10-20)37-33-38(29(27)25-13-8-14-43-25)31(39)26(44-33)17-19-15-23(35)30(24(36)16-19)42-18-21-11-6-7-12-22(21)34/h3-17,29H,2,18H2,1H3/b26-17-/t29-/m0/s1. The monoisotopic (exact) mass is 848 g/mol. The van der Waals surface area contributed by atoms with Gasteiger partial charge in [0.05, 0.1) is 29.5 Å². The number of thiophene rings is 1. The molecule has 1 aliphatic heterocycles. The highest BCUT2D eigenvalue weighted by Gasteiger charge is 2.35. The number of esters is 1. The Labute approximate surface area is 287 Å². The normalized spacial score (nSPS) is 14.7. The van der Waals surface area contributed by atoms with Gasteiger partial charge in [0.25, 0.3) is 5.56 Å². The van der Waals surface area contributed by atoms with Crippen LogP contribution in [0.25, 0.3) is 11.8 Å². The second kappa shape index (κ2) is 13.5. The quantitative estimate of drug-likeness (QED) is 0.126. The summed E-state index contributed by atoms with van der Waals surface area (Å²) in [5.41, 5.74) is 2.64. The van der Waals surface area contributed by atoms with E-state index in [2.05, 4.69) is 45.2 Å². The molecule has 6 nitrogen and oxygen atoms in total. The minimum atomic E-state index is -0.683. The van der Waals surface area contributed by atoms with Crippen molar-refractivity contribution < 1.29 is 18.7 Å². The third-order valence-corrected chi connectivity index (χ3v) is 10.3. The number of fused-ring (bicyclic) bond motifs is 1. The molecule has 3 aromatic carbocycles. The average molecular weight is 848 g/mol. The number of hydrogen-bond acceptors (Lipinski definition) is 7. The first-order valence-corrected chi connectivity index (χ1v) is 17.4. The second-order valence-electron chi connectivity index (χ2n) is 9.64. The number of carbonyl (C=O) groups is 1. The Hall–Kier alpha value is -3.14. The maximum absolute atomic E-state index is 14.1. The number of benzene rings is 3. The van der Waals surface area contributed by atoms with Crippen LogP contribution in [0, 0.1) is 13.0 Å². The van der Waals surface area contributed by atoms with Crippen LogP contribution in [0.1, 0.15) is 34.5 Å². The van der Waals surface area contributed by atoms with Crippen molar-refractivity contribution in [2.75, 3.05) is 6.61 Å². The highest BCUT2D eigenvalue weighted by molar-refractivity contribution is 14.1. The van der Waals surface area contributed by atoms with Crippen molar-refractivity contribution in [1.82, 2.24) is 4.57 Å². The Bertz CT molecular complexity index is 2050. The van der Waals surface area contributed by atoms with Crippen molar-refractivity contribution in [2.45, 2.75) is 19.6 Å². The summed E-state index contributed by atoms with van der Waals surface area (Å²) in [5.74, 6) is -0.165. The molecule has 11 heteroatoms. The third kappa shape index (κ3) is 6.19. The van der Waals surface area contributed by atoms with Gasteiger partial charge < -0.3 is 9.47 Å². The summed E-state index contributed by atoms with van der Waals surface area (Å²) < 4.78 is 29.4. The van der Waals surface area contributed by atoms with E-state index in [1.165, 1.54) is 28.7 Å². The van der Waals surface area contributed by atoms with E-state index < -0.39 is 12.0 Å². The Morgan fingerprint density at radius 1 is 1.05 bits per heavy atom. The van der Waals surface area contributed by atoms with Crippen molar-refractivity contribution in [3.05, 3.63) is 144 Å². The summed E-state index contributed by atoms with van der Waals surface area (Å²) in [7, 11) is 0. The fourth-order valence-corrected chi connectivity index (χ4v) is 8.83. The molecule has 0 saturated heterocycles. The zero-order valence-electron chi connectivity index (χ0n) is 23.1. The Morgan fingerprint density at radius 3 is 2.45 bits per heavy atom. The summed E-state index contributed by atoms with van der Waals surface area (Å²) >= 11 is 7.13. The van der Waals surface area contributed by atoms with E-state index in [1.807, 2.05) is 66.1 Å². The molecule has 44 heavy (non-hydrogen) atoms. The summed E-state index contributed by atoms with van der Waals surface area (Å²) in [6.07, 6.45) is 1.83. The van der Waals surface area contributed by atoms with Crippen LogP contribution in [0.3, 0.4) is 0 Å². The van der Waals surface area contributed by atoms with Gasteiger partial charge in [-0.3, -0.25) is 9.36 Å². The minimum Gasteiger partial charge on any atom is -0.487 e. The molecule has 0 amide bonds. The molecular weight excluding hydrogens is 825 g/mol. The van der Waals surface area contributed by atoms with Gasteiger partial charge in [-0.2, -0.15) is 0 Å². The molecule has 6 rings (SSSR count). The van der Waals surface area contributed by atoms with E-state index in [1.54, 1.807) is 29.7 Å². The highest BCUT2D eigenvalue weighted by atomic mass is 127. The van der Waals surface area contributed by atoms with Crippen molar-refractivity contribution in [2.24, 2.45) is 4.99 Å². The van der Waals surface area contributed by atoms with Crippen molar-refractivity contribution >= 4 is 85.6 Å². The molecule has 3 heterocycles. The fourth-order valence-electron chi connectivity index (χ4n) is 4.87. The average Bonchev–Trinajstić information content (AvgIpc) is 3.66. The largest absolute Gasteiger partial charge is 0.487 e. The molecule has 0 bridgehead atoms. The number of rotatable bonds is 8. The van der Waals surface area contributed by atoms with Crippen molar-refractivity contribution in [1.29, 1.82) is 0 Å². The number of thiazole rings is 1. The fraction of sp³-hybridized carbons (Fsp3) is 0.121. The molecule has 0 N–H and O–H groups in total. The molecule has 222 valence electrons. The van der Waals surface area contributed by atoms with Crippen LogP contribution in [-0.4, -0.2) is 17.1 Å². The molecule has 0 aliphatic carbocycles. The number of ether oxygens (including phenoxy) is 2. The van der Waals surface area contributed by atoms with E-state index in [0.717, 1.165) is 23.1 Å². The molecule has 0 saturated carbocycles. The van der Waals surface area contributed by atoms with Crippen LogP contribution in [0.4, 0.5) is 4.39 Å². The highest BCUT2D eigenvalue weighted by Crippen LogP contribution is 2.37. The minimum absolute atomic E-state index is 0.103. The van der Waals surface area contributed by atoms with Gasteiger partial charge in [-0.05, 0) is 93.4 Å². The molecule has 0 radical (unpaired) electrons. The van der Waals surface area contributed by atoms with E-state index >= 15 is 0 Å². The van der Waals surface area contributed by atoms with Gasteiger partial charge in [-0.1, -0.05) is 65.9 Å². The zero-order valence-corrected chi connectivity index (χ0v) is 29.1. The predicted molar refractivity (Wildman–Crippen MR) is 188 cm³/mol. The van der Waals surface area contributed by atoms with Gasteiger partial charge in [0, 0.05) is 16.0 Å². The summed E-state index contributed by atoms with van der Waals surface area (Å²) in [4.78, 5) is 33.8. The molecule has 1 atom stereocenters. The van der Waals surface area contributed by atoms with Crippen LogP contribution in [-0.2, 0) is 16.1 Å². The van der Waals surface area contributed by atoms with E-state index in [0.29, 0.717) is 31.9 Å². The first-order valence-electron chi connectivity index (χ1n) is 13.5. The number of nitrogens with zero attached hydrogens (tertiary/aromatic N) is 2. The first kappa shape index (κ1) is 30.9. The molecule has 0 fully saturated rings. The van der Waals surface area contributed by atoms with Gasteiger partial charge in [-0.15, -0.1) is 11.3 Å². The van der Waals surface area contributed by atoms with E-state index in [9.17, 15) is 14.0 Å². The van der Waals surface area contributed by atoms with Gasteiger partial charge >= 0.3 is 5.97 Å². The Morgan fingerprint density at radius 2 is 1.77 bits per heavy atom. The van der Waals surface area contributed by atoms with Crippen LogP contribution in [0.15, 0.2) is 99.6 Å². The van der Waals surface area contributed by atoms with Crippen molar-refractivity contribution in [3.63, 3.8) is 0 Å². The number of carbonyl (C=O) groups excluding carboxylic acids is 1. The van der Waals surface area contributed by atoms with Crippen LogP contribution in [0.5, 0.6) is 5.75 Å². The molecule has 2 aromatic heterocycles. The molecule has 1 aliphatic rings. The molecule has 0 unspecified atom stereocenters. The number of hydrogen-bond donors (Lipinski definition) is 0. The smallest absolute Gasteiger partial charge is 0.338 e. The molecule has 5 aromatic rings. The van der Waals surface area contributed by atoms with Crippen molar-refractivity contribution in [3.8, 4) is 5.75 Å². The second-order valence-corrected chi connectivity index (χ2v) is 14.0. The van der Waals surface area contributed by atoms with Crippen LogP contribution in [0.2, 0.25) is 0 Å². The Kier molecular flexibility index (Phi) is 9.45. The summed E-state index contributed by atoms with van der Waals surface area (Å²) in [6.45, 7) is 2.06. The van der Waals surface area contributed by atoms with Crippen LogP contribution < -0.4 is 19.6 Å². The maximum Gasteiger partial charge on any atom is 0.338 e. The summed E-state index contributed by atoms with van der Waals surface area (Å²) in [5, 5.41) is 1.93. The predicted octanol–water partition coefficient (Wildman–Crippen LogP) is 6.92. The lowest BCUT2D eigenvalue weighted by Crippen LogP contribution is -2.39. The lowest BCUT2D eigenvalue weighted by molar-refractivity contribution is -0.138. The maximum atomic E-state index is 14.1. The number of aromatic nitrogens is 1. The Balaban J connectivity index is 1.46. The topological polar surface area (TPSA) is 69.9 Å². The van der Waals surface area contributed by atoms with Crippen LogP contribution >= 0.6 is 67.9 Å². The number of halogens is 3. The van der Waals surface area contributed by atoms with Gasteiger partial charge in [0.2, 0.25) is 0 Å². The van der Waals surface area contributed by atoms with E-state index in [-0.39, 0.29) is 24.6 Å². The van der Waals surface area contributed by atoms with Gasteiger partial charge in [0.1, 0.15) is 24.2 Å².